The van der Waals surface area contributed by atoms with Crippen LogP contribution in [0.25, 0.3) is 0 Å². The molecule has 0 unspecified atom stereocenters. The zero-order valence-electron chi connectivity index (χ0n) is 9.40. The molecule has 0 N–H and O–H groups in total. The molecule has 100 valence electrons. The van der Waals surface area contributed by atoms with Crippen LogP contribution in [-0.4, -0.2) is 17.3 Å². The third kappa shape index (κ3) is 2.28. The number of halogens is 3. The predicted octanol–water partition coefficient (Wildman–Crippen LogP) is 2.31. The summed E-state index contributed by atoms with van der Waals surface area (Å²) in [5.74, 6) is -4.86. The topological polar surface area (TPSA) is 63.5 Å². The van der Waals surface area contributed by atoms with E-state index in [1.165, 1.54) is 0 Å². The van der Waals surface area contributed by atoms with Gasteiger partial charge in [0.25, 0.3) is 0 Å². The van der Waals surface area contributed by atoms with Gasteiger partial charge >= 0.3 is 5.69 Å². The summed E-state index contributed by atoms with van der Waals surface area (Å²) >= 11 is 0. The van der Waals surface area contributed by atoms with Crippen LogP contribution in [0.5, 0.6) is 0 Å². The highest BCUT2D eigenvalue weighted by molar-refractivity contribution is 5.91. The predicted molar refractivity (Wildman–Crippen MR) is 59.1 cm³/mol. The molecule has 1 aliphatic rings. The average Bonchev–Trinajstić information content (AvgIpc) is 2.36. The second-order valence-electron chi connectivity index (χ2n) is 3.84. The fourth-order valence-electron chi connectivity index (χ4n) is 1.72. The van der Waals surface area contributed by atoms with E-state index in [9.17, 15) is 28.1 Å². The molecule has 0 saturated heterocycles. The smallest absolute Gasteiger partial charge is 0.310 e. The number of hydrogen-bond acceptors (Lipinski definition) is 4. The van der Waals surface area contributed by atoms with E-state index in [0.29, 0.717) is 6.07 Å². The molecule has 5 nitrogen and oxygen atoms in total. The van der Waals surface area contributed by atoms with Gasteiger partial charge < -0.3 is 4.90 Å². The Hall–Kier alpha value is -2.38. The molecule has 0 fully saturated rings. The number of allylic oxidation sites excluding steroid dienone is 1. The van der Waals surface area contributed by atoms with Crippen LogP contribution >= 0.6 is 0 Å². The first-order chi connectivity index (χ1) is 8.91. The molecular weight excluding hydrogens is 265 g/mol. The molecule has 0 atom stereocenters. The normalized spacial score (nSPS) is 14.9. The molecular formula is C11H7F3N2O3. The van der Waals surface area contributed by atoms with Crippen molar-refractivity contribution in [3.05, 3.63) is 45.9 Å². The van der Waals surface area contributed by atoms with E-state index < -0.39 is 33.7 Å². The summed E-state index contributed by atoms with van der Waals surface area (Å²) in [4.78, 5) is 21.2. The number of rotatable bonds is 2. The Morgan fingerprint density at radius 1 is 1.26 bits per heavy atom. The number of benzene rings is 1. The lowest BCUT2D eigenvalue weighted by Gasteiger charge is -2.23. The maximum atomic E-state index is 13.7. The van der Waals surface area contributed by atoms with Gasteiger partial charge in [0.15, 0.2) is 17.4 Å². The number of carbonyl (C=O) groups is 1. The zero-order valence-corrected chi connectivity index (χ0v) is 9.40. The third-order valence-corrected chi connectivity index (χ3v) is 2.64. The summed E-state index contributed by atoms with van der Waals surface area (Å²) in [6, 6.07) is 0.317. The molecule has 1 aromatic rings. The van der Waals surface area contributed by atoms with Gasteiger partial charge in [-0.05, 0) is 6.08 Å². The number of hydrogen-bond donors (Lipinski definition) is 0. The summed E-state index contributed by atoms with van der Waals surface area (Å²) in [7, 11) is 0. The van der Waals surface area contributed by atoms with Gasteiger partial charge in [-0.25, -0.2) is 8.78 Å². The Bertz CT molecular complexity index is 601. The Morgan fingerprint density at radius 3 is 2.47 bits per heavy atom. The second-order valence-corrected chi connectivity index (χ2v) is 3.84. The highest BCUT2D eigenvalue weighted by atomic mass is 19.2. The first-order valence-electron chi connectivity index (χ1n) is 5.21. The SMILES string of the molecule is O=C1C=CN(c2c(F)cc([N+](=O)[O-])c(F)c2F)CC1. The second kappa shape index (κ2) is 4.71. The molecule has 0 amide bonds. The van der Waals surface area contributed by atoms with Crippen molar-refractivity contribution in [2.24, 2.45) is 0 Å². The van der Waals surface area contributed by atoms with Gasteiger partial charge in [0, 0.05) is 19.2 Å². The zero-order chi connectivity index (χ0) is 14.2. The third-order valence-electron chi connectivity index (χ3n) is 2.64. The van der Waals surface area contributed by atoms with Crippen molar-refractivity contribution in [1.82, 2.24) is 0 Å². The van der Waals surface area contributed by atoms with Crippen LogP contribution in [0, 0.1) is 27.6 Å². The Kier molecular flexibility index (Phi) is 3.24. The van der Waals surface area contributed by atoms with Crippen molar-refractivity contribution in [2.75, 3.05) is 11.4 Å². The highest BCUT2D eigenvalue weighted by Gasteiger charge is 2.28. The maximum Gasteiger partial charge on any atom is 0.310 e. The number of ketones is 1. The minimum Gasteiger partial charge on any atom is -0.343 e. The van der Waals surface area contributed by atoms with E-state index in [-0.39, 0.29) is 18.7 Å². The Labute approximate surface area is 105 Å². The monoisotopic (exact) mass is 272 g/mol. The van der Waals surface area contributed by atoms with Crippen LogP contribution < -0.4 is 4.90 Å². The molecule has 0 aromatic heterocycles. The summed E-state index contributed by atoms with van der Waals surface area (Å²) in [5, 5.41) is 10.4. The van der Waals surface area contributed by atoms with E-state index in [1.807, 2.05) is 0 Å². The number of nitro groups is 1. The van der Waals surface area contributed by atoms with E-state index in [1.54, 1.807) is 0 Å². The first kappa shape index (κ1) is 13.1. The minimum atomic E-state index is -1.73. The molecule has 1 aliphatic heterocycles. The van der Waals surface area contributed by atoms with Gasteiger partial charge in [-0.15, -0.1) is 0 Å². The standard InChI is InChI=1S/C11H7F3N2O3/c12-7-5-8(16(18)19)9(13)10(14)11(7)15-3-1-6(17)2-4-15/h1,3,5H,2,4H2. The van der Waals surface area contributed by atoms with Crippen molar-refractivity contribution in [1.29, 1.82) is 0 Å². The van der Waals surface area contributed by atoms with Gasteiger partial charge in [-0.2, -0.15) is 4.39 Å². The van der Waals surface area contributed by atoms with Crippen molar-refractivity contribution < 1.29 is 22.9 Å². The quantitative estimate of drug-likeness (QED) is 0.471. The number of nitrogens with zero attached hydrogens (tertiary/aromatic N) is 2. The molecule has 2 rings (SSSR count). The van der Waals surface area contributed by atoms with Crippen LogP contribution in [0.15, 0.2) is 18.3 Å². The van der Waals surface area contributed by atoms with Gasteiger partial charge in [0.2, 0.25) is 5.82 Å². The van der Waals surface area contributed by atoms with Gasteiger partial charge in [-0.1, -0.05) is 0 Å². The summed E-state index contributed by atoms with van der Waals surface area (Å²) in [6.45, 7) is -0.0274. The lowest BCUT2D eigenvalue weighted by Crippen LogP contribution is -2.26. The summed E-state index contributed by atoms with van der Waals surface area (Å²) < 4.78 is 40.8. The van der Waals surface area contributed by atoms with E-state index in [0.717, 1.165) is 17.2 Å². The van der Waals surface area contributed by atoms with Crippen LogP contribution in [0.4, 0.5) is 24.5 Å². The molecule has 0 radical (unpaired) electrons. The Balaban J connectivity index is 2.53. The first-order valence-corrected chi connectivity index (χ1v) is 5.21. The lowest BCUT2D eigenvalue weighted by atomic mass is 10.1. The van der Waals surface area contributed by atoms with Crippen molar-refractivity contribution >= 4 is 17.2 Å². The van der Waals surface area contributed by atoms with Crippen LogP contribution in [0.3, 0.4) is 0 Å². The van der Waals surface area contributed by atoms with Gasteiger partial charge in [0.1, 0.15) is 5.69 Å². The van der Waals surface area contributed by atoms with Gasteiger partial charge in [0.05, 0.1) is 11.0 Å². The van der Waals surface area contributed by atoms with Crippen LogP contribution in [0.1, 0.15) is 6.42 Å². The molecule has 19 heavy (non-hydrogen) atoms. The summed E-state index contributed by atoms with van der Waals surface area (Å²) in [5.41, 5.74) is -2.01. The molecule has 0 aliphatic carbocycles. The minimum absolute atomic E-state index is 0.0218. The van der Waals surface area contributed by atoms with Crippen molar-refractivity contribution in [3.63, 3.8) is 0 Å². The molecule has 0 saturated carbocycles. The maximum absolute atomic E-state index is 13.7. The van der Waals surface area contributed by atoms with Crippen LogP contribution in [0.2, 0.25) is 0 Å². The summed E-state index contributed by atoms with van der Waals surface area (Å²) in [6.07, 6.45) is 2.23. The Morgan fingerprint density at radius 2 is 1.95 bits per heavy atom. The van der Waals surface area contributed by atoms with E-state index in [4.69, 9.17) is 0 Å². The van der Waals surface area contributed by atoms with Gasteiger partial charge in [-0.3, -0.25) is 14.9 Å². The fraction of sp³-hybridized carbons (Fsp3) is 0.182. The highest BCUT2D eigenvalue weighted by Crippen LogP contribution is 2.32. The molecule has 0 spiro atoms. The molecule has 1 aromatic carbocycles. The average molecular weight is 272 g/mol. The van der Waals surface area contributed by atoms with E-state index in [2.05, 4.69) is 0 Å². The number of anilines is 1. The molecule has 8 heteroatoms. The van der Waals surface area contributed by atoms with Crippen LogP contribution in [-0.2, 0) is 4.79 Å². The number of nitro benzene ring substituents is 1. The lowest BCUT2D eigenvalue weighted by molar-refractivity contribution is -0.388. The fourth-order valence-corrected chi connectivity index (χ4v) is 1.72. The van der Waals surface area contributed by atoms with E-state index >= 15 is 0 Å². The van der Waals surface area contributed by atoms with Crippen molar-refractivity contribution in [3.8, 4) is 0 Å². The number of carbonyl (C=O) groups excluding carboxylic acids is 1. The molecule has 0 bridgehead atoms. The molecule has 1 heterocycles. The van der Waals surface area contributed by atoms with Crippen molar-refractivity contribution in [2.45, 2.75) is 6.42 Å². The largest absolute Gasteiger partial charge is 0.343 e.